The van der Waals surface area contributed by atoms with Gasteiger partial charge in [0.05, 0.1) is 0 Å². The van der Waals surface area contributed by atoms with E-state index in [0.29, 0.717) is 5.92 Å². The summed E-state index contributed by atoms with van der Waals surface area (Å²) in [6, 6.07) is 10.4. The van der Waals surface area contributed by atoms with Crippen molar-refractivity contribution in [3.05, 3.63) is 35.9 Å². The van der Waals surface area contributed by atoms with Gasteiger partial charge in [0.2, 0.25) is 0 Å². The van der Waals surface area contributed by atoms with Gasteiger partial charge in [-0.05, 0) is 24.8 Å². The number of rotatable bonds is 3. The average Bonchev–Trinajstić information content (AvgIpc) is 2.05. The van der Waals surface area contributed by atoms with Gasteiger partial charge in [0.25, 0.3) is 0 Å². The standard InChI is InChI=1S/C12H19N.ClH/c1-10(2)12(3,13)9-11-7-5-4-6-8-11;/h4-8,10H,9,13H2,1-3H3;1H. The molecule has 14 heavy (non-hydrogen) atoms. The average molecular weight is 214 g/mol. The van der Waals surface area contributed by atoms with Gasteiger partial charge in [-0.1, -0.05) is 44.2 Å². The molecular weight excluding hydrogens is 194 g/mol. The first-order valence-electron chi connectivity index (χ1n) is 4.85. The van der Waals surface area contributed by atoms with Crippen LogP contribution in [0.5, 0.6) is 0 Å². The minimum Gasteiger partial charge on any atom is -0.325 e. The van der Waals surface area contributed by atoms with E-state index in [1.165, 1.54) is 5.56 Å². The molecule has 80 valence electrons. The predicted molar refractivity (Wildman–Crippen MR) is 64.8 cm³/mol. The molecule has 2 heteroatoms. The molecule has 1 aromatic carbocycles. The Hall–Kier alpha value is -0.530. The summed E-state index contributed by atoms with van der Waals surface area (Å²) in [7, 11) is 0. The van der Waals surface area contributed by atoms with Gasteiger partial charge in [-0.25, -0.2) is 0 Å². The normalized spacial score (nSPS) is 14.6. The van der Waals surface area contributed by atoms with Crippen LogP contribution >= 0.6 is 12.4 Å². The smallest absolute Gasteiger partial charge is 0.0189 e. The van der Waals surface area contributed by atoms with Crippen LogP contribution in [-0.4, -0.2) is 5.54 Å². The van der Waals surface area contributed by atoms with Crippen LogP contribution in [0.4, 0.5) is 0 Å². The second kappa shape index (κ2) is 5.38. The fourth-order valence-corrected chi connectivity index (χ4v) is 1.24. The number of nitrogens with two attached hydrogens (primary N) is 1. The molecule has 0 saturated heterocycles. The van der Waals surface area contributed by atoms with E-state index in [2.05, 4.69) is 45.0 Å². The molecule has 2 N–H and O–H groups in total. The highest BCUT2D eigenvalue weighted by Crippen LogP contribution is 2.18. The zero-order valence-corrected chi connectivity index (χ0v) is 9.97. The summed E-state index contributed by atoms with van der Waals surface area (Å²) in [6.07, 6.45) is 0.950. The first kappa shape index (κ1) is 13.5. The van der Waals surface area contributed by atoms with E-state index in [9.17, 15) is 0 Å². The van der Waals surface area contributed by atoms with Crippen LogP contribution < -0.4 is 5.73 Å². The SMILES string of the molecule is CC(C)C(C)(N)Cc1ccccc1.Cl. The van der Waals surface area contributed by atoms with Gasteiger partial charge in [0.15, 0.2) is 0 Å². The third-order valence-electron chi connectivity index (χ3n) is 2.75. The Balaban J connectivity index is 0.00000169. The molecule has 0 amide bonds. The highest BCUT2D eigenvalue weighted by atomic mass is 35.5. The lowest BCUT2D eigenvalue weighted by Crippen LogP contribution is -2.43. The Kier molecular flexibility index (Phi) is 5.17. The molecule has 0 aliphatic carbocycles. The first-order chi connectivity index (χ1) is 6.02. The van der Waals surface area contributed by atoms with Crippen LogP contribution in [0.15, 0.2) is 30.3 Å². The second-order valence-electron chi connectivity index (χ2n) is 4.32. The highest BCUT2D eigenvalue weighted by molar-refractivity contribution is 5.85. The maximum absolute atomic E-state index is 6.19. The van der Waals surface area contributed by atoms with Gasteiger partial charge in [-0.2, -0.15) is 0 Å². The van der Waals surface area contributed by atoms with Crippen molar-refractivity contribution in [1.29, 1.82) is 0 Å². The molecule has 0 radical (unpaired) electrons. The zero-order valence-electron chi connectivity index (χ0n) is 9.16. The van der Waals surface area contributed by atoms with Gasteiger partial charge in [-0.3, -0.25) is 0 Å². The second-order valence-corrected chi connectivity index (χ2v) is 4.32. The molecule has 0 saturated carbocycles. The highest BCUT2D eigenvalue weighted by Gasteiger charge is 2.22. The van der Waals surface area contributed by atoms with Crippen molar-refractivity contribution in [1.82, 2.24) is 0 Å². The number of hydrogen-bond acceptors (Lipinski definition) is 1. The fourth-order valence-electron chi connectivity index (χ4n) is 1.24. The molecule has 0 spiro atoms. The summed E-state index contributed by atoms with van der Waals surface area (Å²) in [6.45, 7) is 6.45. The molecular formula is C12H20ClN. The van der Waals surface area contributed by atoms with Crippen molar-refractivity contribution >= 4 is 12.4 Å². The van der Waals surface area contributed by atoms with Crippen molar-refractivity contribution in [3.63, 3.8) is 0 Å². The quantitative estimate of drug-likeness (QED) is 0.821. The Morgan fingerprint density at radius 3 is 2.14 bits per heavy atom. The van der Waals surface area contributed by atoms with Crippen molar-refractivity contribution in [2.75, 3.05) is 0 Å². The number of benzene rings is 1. The van der Waals surface area contributed by atoms with Gasteiger partial charge in [0.1, 0.15) is 0 Å². The van der Waals surface area contributed by atoms with Crippen LogP contribution in [0, 0.1) is 5.92 Å². The van der Waals surface area contributed by atoms with Crippen LogP contribution in [0.25, 0.3) is 0 Å². The minimum atomic E-state index is -0.0959. The lowest BCUT2D eigenvalue weighted by atomic mass is 9.84. The fraction of sp³-hybridized carbons (Fsp3) is 0.500. The topological polar surface area (TPSA) is 26.0 Å². The van der Waals surface area contributed by atoms with Crippen molar-refractivity contribution in [2.24, 2.45) is 11.7 Å². The van der Waals surface area contributed by atoms with Crippen LogP contribution in [0.3, 0.4) is 0 Å². The summed E-state index contributed by atoms with van der Waals surface area (Å²) in [4.78, 5) is 0. The summed E-state index contributed by atoms with van der Waals surface area (Å²) < 4.78 is 0. The Morgan fingerprint density at radius 2 is 1.71 bits per heavy atom. The molecule has 0 bridgehead atoms. The third kappa shape index (κ3) is 3.69. The molecule has 1 nitrogen and oxygen atoms in total. The lowest BCUT2D eigenvalue weighted by Gasteiger charge is -2.29. The Bertz CT molecular complexity index is 254. The lowest BCUT2D eigenvalue weighted by molar-refractivity contribution is 0.338. The summed E-state index contributed by atoms with van der Waals surface area (Å²) in [5.74, 6) is 0.507. The molecule has 1 atom stereocenters. The van der Waals surface area contributed by atoms with E-state index in [1.54, 1.807) is 0 Å². The van der Waals surface area contributed by atoms with Gasteiger partial charge >= 0.3 is 0 Å². The van der Waals surface area contributed by atoms with Crippen molar-refractivity contribution < 1.29 is 0 Å². The Morgan fingerprint density at radius 1 is 1.21 bits per heavy atom. The summed E-state index contributed by atoms with van der Waals surface area (Å²) >= 11 is 0. The number of hydrogen-bond donors (Lipinski definition) is 1. The van der Waals surface area contributed by atoms with E-state index >= 15 is 0 Å². The molecule has 0 aromatic heterocycles. The third-order valence-corrected chi connectivity index (χ3v) is 2.75. The van der Waals surface area contributed by atoms with E-state index in [4.69, 9.17) is 5.73 Å². The Labute approximate surface area is 93.1 Å². The maximum atomic E-state index is 6.19. The van der Waals surface area contributed by atoms with Crippen LogP contribution in [0.2, 0.25) is 0 Å². The molecule has 1 rings (SSSR count). The largest absolute Gasteiger partial charge is 0.325 e. The van der Waals surface area contributed by atoms with Gasteiger partial charge in [-0.15, -0.1) is 12.4 Å². The van der Waals surface area contributed by atoms with Crippen molar-refractivity contribution in [3.8, 4) is 0 Å². The maximum Gasteiger partial charge on any atom is 0.0189 e. The van der Waals surface area contributed by atoms with E-state index in [1.807, 2.05) is 6.07 Å². The van der Waals surface area contributed by atoms with E-state index < -0.39 is 0 Å². The minimum absolute atomic E-state index is 0. The van der Waals surface area contributed by atoms with Crippen molar-refractivity contribution in [2.45, 2.75) is 32.7 Å². The first-order valence-corrected chi connectivity index (χ1v) is 4.85. The van der Waals surface area contributed by atoms with E-state index in [0.717, 1.165) is 6.42 Å². The molecule has 1 aromatic rings. The monoisotopic (exact) mass is 213 g/mol. The predicted octanol–water partition coefficient (Wildman–Crippen LogP) is 3.02. The van der Waals surface area contributed by atoms with Crippen LogP contribution in [-0.2, 0) is 6.42 Å². The molecule has 1 unspecified atom stereocenters. The summed E-state index contributed by atoms with van der Waals surface area (Å²) in [5, 5.41) is 0. The van der Waals surface area contributed by atoms with Gasteiger partial charge < -0.3 is 5.73 Å². The van der Waals surface area contributed by atoms with Crippen LogP contribution in [0.1, 0.15) is 26.3 Å². The van der Waals surface area contributed by atoms with E-state index in [-0.39, 0.29) is 17.9 Å². The number of halogens is 1. The molecule has 0 aliphatic heterocycles. The van der Waals surface area contributed by atoms with Gasteiger partial charge in [0, 0.05) is 5.54 Å². The zero-order chi connectivity index (χ0) is 9.90. The molecule has 0 fully saturated rings. The summed E-state index contributed by atoms with van der Waals surface area (Å²) in [5.41, 5.74) is 7.42. The molecule has 0 aliphatic rings. The molecule has 0 heterocycles.